The van der Waals surface area contributed by atoms with E-state index in [0.717, 1.165) is 27.7 Å². The van der Waals surface area contributed by atoms with Crippen LogP contribution in [0.4, 0.5) is 10.2 Å². The van der Waals surface area contributed by atoms with Gasteiger partial charge in [0.1, 0.15) is 23.0 Å². The molecule has 1 aromatic heterocycles. The highest BCUT2D eigenvalue weighted by molar-refractivity contribution is 7.99. The third-order valence-electron chi connectivity index (χ3n) is 2.51. The summed E-state index contributed by atoms with van der Waals surface area (Å²) in [5.74, 6) is 0.590. The van der Waals surface area contributed by atoms with Gasteiger partial charge in [0.25, 0.3) is 0 Å². The zero-order valence-electron chi connectivity index (χ0n) is 10.3. The molecule has 0 spiro atoms. The molecule has 5 heteroatoms. The zero-order valence-corrected chi connectivity index (χ0v) is 11.1. The first-order valence-electron chi connectivity index (χ1n) is 5.69. The summed E-state index contributed by atoms with van der Waals surface area (Å²) in [6, 6.07) is 6.51. The van der Waals surface area contributed by atoms with Crippen molar-refractivity contribution >= 4 is 17.6 Å². The van der Waals surface area contributed by atoms with E-state index in [9.17, 15) is 4.39 Å². The highest BCUT2D eigenvalue weighted by atomic mass is 32.2. The molecule has 94 valence electrons. The number of rotatable bonds is 4. The summed E-state index contributed by atoms with van der Waals surface area (Å²) in [7, 11) is 1.83. The molecule has 2 rings (SSSR count). The van der Waals surface area contributed by atoms with Gasteiger partial charge in [0, 0.05) is 17.5 Å². The lowest BCUT2D eigenvalue weighted by atomic mass is 10.2. The average Bonchev–Trinajstić information content (AvgIpc) is 2.38. The van der Waals surface area contributed by atoms with Crippen LogP contribution in [0.1, 0.15) is 12.5 Å². The first kappa shape index (κ1) is 12.8. The van der Waals surface area contributed by atoms with E-state index in [-0.39, 0.29) is 5.82 Å². The molecule has 0 saturated heterocycles. The second-order valence-corrected chi connectivity index (χ2v) is 4.73. The van der Waals surface area contributed by atoms with E-state index in [4.69, 9.17) is 0 Å². The van der Waals surface area contributed by atoms with Gasteiger partial charge >= 0.3 is 0 Å². The summed E-state index contributed by atoms with van der Waals surface area (Å²) in [6.45, 7) is 2.05. The highest BCUT2D eigenvalue weighted by Gasteiger charge is 2.10. The summed E-state index contributed by atoms with van der Waals surface area (Å²) in [5.41, 5.74) is 1.05. The molecule has 0 amide bonds. The van der Waals surface area contributed by atoms with Gasteiger partial charge in [0.15, 0.2) is 0 Å². The van der Waals surface area contributed by atoms with Crippen LogP contribution >= 0.6 is 11.8 Å². The van der Waals surface area contributed by atoms with Crippen molar-refractivity contribution in [2.45, 2.75) is 23.3 Å². The van der Waals surface area contributed by atoms with Gasteiger partial charge in [-0.2, -0.15) is 0 Å². The van der Waals surface area contributed by atoms with Crippen molar-refractivity contribution in [3.63, 3.8) is 0 Å². The number of halogens is 1. The molecular weight excluding hydrogens is 249 g/mol. The molecule has 0 aliphatic carbocycles. The third kappa shape index (κ3) is 2.79. The molecule has 0 saturated carbocycles. The van der Waals surface area contributed by atoms with Crippen LogP contribution in [-0.4, -0.2) is 17.0 Å². The molecular formula is C13H14FN3S. The fraction of sp³-hybridized carbons (Fsp3) is 0.231. The molecule has 1 heterocycles. The lowest BCUT2D eigenvalue weighted by Crippen LogP contribution is -2.01. The number of nitrogens with one attached hydrogen (secondary N) is 1. The Labute approximate surface area is 110 Å². The molecule has 3 nitrogen and oxygen atoms in total. The minimum Gasteiger partial charge on any atom is -0.373 e. The molecule has 0 unspecified atom stereocenters. The molecule has 1 aromatic carbocycles. The Morgan fingerprint density at radius 1 is 1.33 bits per heavy atom. The second kappa shape index (κ2) is 5.82. The Bertz CT molecular complexity index is 546. The van der Waals surface area contributed by atoms with Gasteiger partial charge < -0.3 is 5.32 Å². The fourth-order valence-electron chi connectivity index (χ4n) is 1.66. The van der Waals surface area contributed by atoms with Crippen molar-refractivity contribution in [3.8, 4) is 0 Å². The van der Waals surface area contributed by atoms with Crippen LogP contribution in [0.3, 0.4) is 0 Å². The first-order valence-corrected chi connectivity index (χ1v) is 6.51. The van der Waals surface area contributed by atoms with Crippen LogP contribution in [0.5, 0.6) is 0 Å². The first-order chi connectivity index (χ1) is 8.74. The van der Waals surface area contributed by atoms with Crippen LogP contribution in [0.25, 0.3) is 0 Å². The van der Waals surface area contributed by atoms with Gasteiger partial charge in [-0.25, -0.2) is 14.4 Å². The SMILES string of the molecule is CCc1c(NC)ncnc1Sc1cccc(F)c1. The van der Waals surface area contributed by atoms with Gasteiger partial charge in [-0.05, 0) is 24.6 Å². The number of nitrogens with zero attached hydrogens (tertiary/aromatic N) is 2. The second-order valence-electron chi connectivity index (χ2n) is 3.67. The van der Waals surface area contributed by atoms with Crippen molar-refractivity contribution in [3.05, 3.63) is 42.0 Å². The van der Waals surface area contributed by atoms with E-state index in [1.54, 1.807) is 6.07 Å². The zero-order chi connectivity index (χ0) is 13.0. The van der Waals surface area contributed by atoms with Crippen molar-refractivity contribution in [1.82, 2.24) is 9.97 Å². The maximum absolute atomic E-state index is 13.1. The summed E-state index contributed by atoms with van der Waals surface area (Å²) in [5, 5.41) is 3.91. The minimum atomic E-state index is -0.235. The van der Waals surface area contributed by atoms with Crippen molar-refractivity contribution in [1.29, 1.82) is 0 Å². The normalized spacial score (nSPS) is 10.4. The molecule has 2 aromatic rings. The van der Waals surface area contributed by atoms with E-state index < -0.39 is 0 Å². The molecule has 0 aliphatic heterocycles. The van der Waals surface area contributed by atoms with Crippen LogP contribution in [0.15, 0.2) is 40.5 Å². The van der Waals surface area contributed by atoms with E-state index in [0.29, 0.717) is 0 Å². The average molecular weight is 263 g/mol. The molecule has 1 N–H and O–H groups in total. The Morgan fingerprint density at radius 2 is 2.17 bits per heavy atom. The number of anilines is 1. The standard InChI is InChI=1S/C13H14FN3S/c1-3-11-12(15-2)16-8-17-13(11)18-10-6-4-5-9(14)7-10/h4-8H,3H2,1-2H3,(H,15,16,17). The number of benzene rings is 1. The van der Waals surface area contributed by atoms with E-state index in [1.807, 2.05) is 13.1 Å². The molecule has 0 fully saturated rings. The lowest BCUT2D eigenvalue weighted by molar-refractivity contribution is 0.624. The summed E-state index contributed by atoms with van der Waals surface area (Å²) < 4.78 is 13.1. The Hall–Kier alpha value is -1.62. The molecule has 18 heavy (non-hydrogen) atoms. The van der Waals surface area contributed by atoms with Crippen molar-refractivity contribution < 1.29 is 4.39 Å². The van der Waals surface area contributed by atoms with Gasteiger partial charge in [0.2, 0.25) is 0 Å². The van der Waals surface area contributed by atoms with Crippen LogP contribution in [0.2, 0.25) is 0 Å². The van der Waals surface area contributed by atoms with Gasteiger partial charge in [-0.3, -0.25) is 0 Å². The molecule has 0 bridgehead atoms. The monoisotopic (exact) mass is 263 g/mol. The topological polar surface area (TPSA) is 37.8 Å². The molecule has 0 atom stereocenters. The number of aromatic nitrogens is 2. The number of hydrogen-bond donors (Lipinski definition) is 1. The number of hydrogen-bond acceptors (Lipinski definition) is 4. The Balaban J connectivity index is 2.34. The summed E-state index contributed by atoms with van der Waals surface area (Å²) >= 11 is 1.45. The predicted molar refractivity (Wildman–Crippen MR) is 71.5 cm³/mol. The Morgan fingerprint density at radius 3 is 2.83 bits per heavy atom. The summed E-state index contributed by atoms with van der Waals surface area (Å²) in [4.78, 5) is 9.29. The molecule has 0 radical (unpaired) electrons. The van der Waals surface area contributed by atoms with E-state index in [2.05, 4.69) is 22.2 Å². The quantitative estimate of drug-likeness (QED) is 0.858. The van der Waals surface area contributed by atoms with E-state index in [1.165, 1.54) is 30.2 Å². The van der Waals surface area contributed by atoms with Crippen molar-refractivity contribution in [2.24, 2.45) is 0 Å². The Kier molecular flexibility index (Phi) is 4.15. The van der Waals surface area contributed by atoms with Gasteiger partial charge in [-0.1, -0.05) is 24.8 Å². The van der Waals surface area contributed by atoms with Crippen LogP contribution in [0, 0.1) is 5.82 Å². The third-order valence-corrected chi connectivity index (χ3v) is 3.54. The maximum Gasteiger partial charge on any atom is 0.133 e. The van der Waals surface area contributed by atoms with Gasteiger partial charge in [0.05, 0.1) is 0 Å². The van der Waals surface area contributed by atoms with Crippen LogP contribution < -0.4 is 5.32 Å². The van der Waals surface area contributed by atoms with Crippen LogP contribution in [-0.2, 0) is 6.42 Å². The minimum absolute atomic E-state index is 0.235. The predicted octanol–water partition coefficient (Wildman–Crippen LogP) is 3.37. The van der Waals surface area contributed by atoms with Gasteiger partial charge in [-0.15, -0.1) is 0 Å². The maximum atomic E-state index is 13.1. The fourth-order valence-corrected chi connectivity index (χ4v) is 2.67. The smallest absolute Gasteiger partial charge is 0.133 e. The summed E-state index contributed by atoms with van der Waals surface area (Å²) in [6.07, 6.45) is 2.35. The van der Waals surface area contributed by atoms with E-state index >= 15 is 0 Å². The lowest BCUT2D eigenvalue weighted by Gasteiger charge is -2.10. The highest BCUT2D eigenvalue weighted by Crippen LogP contribution is 2.31. The largest absolute Gasteiger partial charge is 0.373 e. The molecule has 0 aliphatic rings. The van der Waals surface area contributed by atoms with Crippen molar-refractivity contribution in [2.75, 3.05) is 12.4 Å².